The molecular weight excluding hydrogens is 272 g/mol. The van der Waals surface area contributed by atoms with E-state index in [9.17, 15) is 14.4 Å². The number of carbonyl (C=O) groups is 3. The van der Waals surface area contributed by atoms with Gasteiger partial charge in [-0.15, -0.1) is 0 Å². The maximum absolute atomic E-state index is 12.2. The Labute approximate surface area is 115 Å². The van der Waals surface area contributed by atoms with Gasteiger partial charge in [-0.2, -0.15) is 11.8 Å². The second kappa shape index (κ2) is 6.14. The summed E-state index contributed by atoms with van der Waals surface area (Å²) < 4.78 is -0.105. The normalized spacial score (nSPS) is 17.9. The molecule has 0 aromatic carbocycles. The minimum absolute atomic E-state index is 0.105. The average molecular weight is 290 g/mol. The van der Waals surface area contributed by atoms with Crippen molar-refractivity contribution in [3.8, 4) is 0 Å². The van der Waals surface area contributed by atoms with Crippen molar-refractivity contribution in [2.75, 3.05) is 31.9 Å². The second-order valence-electron chi connectivity index (χ2n) is 4.96. The van der Waals surface area contributed by atoms with E-state index in [1.165, 1.54) is 4.90 Å². The van der Waals surface area contributed by atoms with Gasteiger partial charge in [-0.1, -0.05) is 0 Å². The molecule has 2 N–H and O–H groups in total. The molecule has 0 spiro atoms. The van der Waals surface area contributed by atoms with Gasteiger partial charge in [0.15, 0.2) is 0 Å². The van der Waals surface area contributed by atoms with Gasteiger partial charge in [-0.25, -0.2) is 4.79 Å². The van der Waals surface area contributed by atoms with Gasteiger partial charge < -0.3 is 20.0 Å². The SMILES string of the molecule is CC1(C)CN(C(=O)N(CC(=O)O)CC(=O)O)CCS1. The van der Waals surface area contributed by atoms with Crippen molar-refractivity contribution in [3.63, 3.8) is 0 Å². The number of carboxylic acid groups (broad SMARTS) is 2. The summed E-state index contributed by atoms with van der Waals surface area (Å²) in [4.78, 5) is 35.9. The summed E-state index contributed by atoms with van der Waals surface area (Å²) in [5, 5.41) is 17.5. The molecule has 1 rings (SSSR count). The van der Waals surface area contributed by atoms with Gasteiger partial charge in [0.05, 0.1) is 0 Å². The van der Waals surface area contributed by atoms with Crippen molar-refractivity contribution in [2.45, 2.75) is 18.6 Å². The smallest absolute Gasteiger partial charge is 0.323 e. The predicted octanol–water partition coefficient (Wildman–Crippen LogP) is 0.405. The number of carboxylic acids is 2. The van der Waals surface area contributed by atoms with E-state index in [2.05, 4.69) is 0 Å². The van der Waals surface area contributed by atoms with E-state index in [1.807, 2.05) is 13.8 Å². The predicted molar refractivity (Wildman–Crippen MR) is 70.4 cm³/mol. The van der Waals surface area contributed by atoms with Gasteiger partial charge in [-0.3, -0.25) is 9.59 Å². The Morgan fingerprint density at radius 2 is 1.74 bits per heavy atom. The number of rotatable bonds is 4. The zero-order valence-electron chi connectivity index (χ0n) is 11.0. The lowest BCUT2D eigenvalue weighted by atomic mass is 10.2. The monoisotopic (exact) mass is 290 g/mol. The number of hydrogen-bond donors (Lipinski definition) is 2. The van der Waals surface area contributed by atoms with Crippen molar-refractivity contribution in [1.82, 2.24) is 9.80 Å². The third kappa shape index (κ3) is 4.98. The highest BCUT2D eigenvalue weighted by molar-refractivity contribution is 8.00. The molecule has 0 radical (unpaired) electrons. The van der Waals surface area contributed by atoms with Crippen LogP contribution in [-0.4, -0.2) is 74.7 Å². The van der Waals surface area contributed by atoms with Crippen molar-refractivity contribution in [3.05, 3.63) is 0 Å². The Morgan fingerprint density at radius 1 is 1.21 bits per heavy atom. The van der Waals surface area contributed by atoms with Crippen LogP contribution in [0.2, 0.25) is 0 Å². The fraction of sp³-hybridized carbons (Fsp3) is 0.727. The number of aliphatic carboxylic acids is 2. The fourth-order valence-corrected chi connectivity index (χ4v) is 3.01. The van der Waals surface area contributed by atoms with Crippen LogP contribution in [0.3, 0.4) is 0 Å². The Kier molecular flexibility index (Phi) is 5.04. The second-order valence-corrected chi connectivity index (χ2v) is 6.76. The van der Waals surface area contributed by atoms with Gasteiger partial charge in [0.2, 0.25) is 0 Å². The molecule has 19 heavy (non-hydrogen) atoms. The van der Waals surface area contributed by atoms with Gasteiger partial charge in [0, 0.05) is 23.6 Å². The molecule has 0 atom stereocenters. The van der Waals surface area contributed by atoms with Crippen LogP contribution in [0, 0.1) is 0 Å². The third-order valence-corrected chi connectivity index (χ3v) is 3.92. The molecule has 8 heteroatoms. The lowest BCUT2D eigenvalue weighted by Crippen LogP contribution is -2.53. The Balaban J connectivity index is 2.74. The summed E-state index contributed by atoms with van der Waals surface area (Å²) in [6.45, 7) is 3.77. The average Bonchev–Trinajstić information content (AvgIpc) is 2.24. The summed E-state index contributed by atoms with van der Waals surface area (Å²) in [6.07, 6.45) is 0. The Morgan fingerprint density at radius 3 is 2.16 bits per heavy atom. The molecule has 1 aliphatic rings. The van der Waals surface area contributed by atoms with Gasteiger partial charge in [0.1, 0.15) is 13.1 Å². The first-order valence-electron chi connectivity index (χ1n) is 5.83. The van der Waals surface area contributed by atoms with E-state index in [4.69, 9.17) is 10.2 Å². The minimum Gasteiger partial charge on any atom is -0.480 e. The van der Waals surface area contributed by atoms with Crippen LogP contribution in [0.1, 0.15) is 13.8 Å². The molecule has 2 amide bonds. The first-order valence-corrected chi connectivity index (χ1v) is 6.81. The fourth-order valence-electron chi connectivity index (χ4n) is 1.90. The molecule has 1 heterocycles. The topological polar surface area (TPSA) is 98.2 Å². The number of nitrogens with zero attached hydrogens (tertiary/aromatic N) is 2. The van der Waals surface area contributed by atoms with Crippen LogP contribution in [-0.2, 0) is 9.59 Å². The molecule has 1 aliphatic heterocycles. The standard InChI is InChI=1S/C11H18N2O5S/c1-11(2)7-12(3-4-19-11)10(18)13(5-8(14)15)6-9(16)17/h3-7H2,1-2H3,(H,14,15)(H,16,17). The van der Waals surface area contributed by atoms with Crippen molar-refractivity contribution < 1.29 is 24.6 Å². The van der Waals surface area contributed by atoms with Crippen LogP contribution in [0.4, 0.5) is 4.79 Å². The van der Waals surface area contributed by atoms with Gasteiger partial charge in [0.25, 0.3) is 0 Å². The molecule has 1 saturated heterocycles. The van der Waals surface area contributed by atoms with Crippen LogP contribution in [0.15, 0.2) is 0 Å². The summed E-state index contributed by atoms with van der Waals surface area (Å²) in [7, 11) is 0. The first kappa shape index (κ1) is 15.6. The van der Waals surface area contributed by atoms with Crippen molar-refractivity contribution in [1.29, 1.82) is 0 Å². The van der Waals surface area contributed by atoms with E-state index < -0.39 is 31.1 Å². The Hall–Kier alpha value is -1.44. The zero-order valence-corrected chi connectivity index (χ0v) is 11.8. The van der Waals surface area contributed by atoms with E-state index in [-0.39, 0.29) is 4.75 Å². The number of amides is 2. The highest BCUT2D eigenvalue weighted by atomic mass is 32.2. The molecule has 0 unspecified atom stereocenters. The molecule has 108 valence electrons. The molecule has 1 fully saturated rings. The van der Waals surface area contributed by atoms with E-state index in [1.54, 1.807) is 11.8 Å². The van der Waals surface area contributed by atoms with E-state index >= 15 is 0 Å². The molecular formula is C11H18N2O5S. The minimum atomic E-state index is -1.22. The first-order chi connectivity index (χ1) is 8.71. The molecule has 0 aromatic rings. The van der Waals surface area contributed by atoms with Crippen molar-refractivity contribution in [2.24, 2.45) is 0 Å². The largest absolute Gasteiger partial charge is 0.480 e. The third-order valence-electron chi connectivity index (χ3n) is 2.62. The highest BCUT2D eigenvalue weighted by Crippen LogP contribution is 2.29. The van der Waals surface area contributed by atoms with Gasteiger partial charge >= 0.3 is 18.0 Å². The number of urea groups is 1. The molecule has 0 saturated carbocycles. The maximum atomic E-state index is 12.2. The summed E-state index contributed by atoms with van der Waals surface area (Å²) >= 11 is 1.74. The van der Waals surface area contributed by atoms with Crippen LogP contribution >= 0.6 is 11.8 Å². The number of hydrogen-bond acceptors (Lipinski definition) is 4. The van der Waals surface area contributed by atoms with E-state index in [0.717, 1.165) is 10.7 Å². The number of thioether (sulfide) groups is 1. The summed E-state index contributed by atoms with van der Waals surface area (Å²) in [6, 6.07) is -0.529. The quantitative estimate of drug-likeness (QED) is 0.778. The Bertz CT molecular complexity index is 369. The highest BCUT2D eigenvalue weighted by Gasteiger charge is 2.33. The van der Waals surface area contributed by atoms with Crippen LogP contribution < -0.4 is 0 Å². The zero-order chi connectivity index (χ0) is 14.6. The molecule has 0 bridgehead atoms. The van der Waals surface area contributed by atoms with Gasteiger partial charge in [-0.05, 0) is 13.8 Å². The summed E-state index contributed by atoms with van der Waals surface area (Å²) in [5.74, 6) is -1.69. The van der Waals surface area contributed by atoms with E-state index in [0.29, 0.717) is 13.1 Å². The molecule has 7 nitrogen and oxygen atoms in total. The van der Waals surface area contributed by atoms with Crippen molar-refractivity contribution >= 4 is 29.7 Å². The molecule has 0 aromatic heterocycles. The molecule has 0 aliphatic carbocycles. The summed E-state index contributed by atoms with van der Waals surface area (Å²) in [5.41, 5.74) is 0. The lowest BCUT2D eigenvalue weighted by molar-refractivity contribution is -0.140. The maximum Gasteiger partial charge on any atom is 0.323 e. The number of carbonyl (C=O) groups excluding carboxylic acids is 1. The van der Waals surface area contributed by atoms with Crippen LogP contribution in [0.5, 0.6) is 0 Å². The van der Waals surface area contributed by atoms with Crippen LogP contribution in [0.25, 0.3) is 0 Å². The lowest BCUT2D eigenvalue weighted by Gasteiger charge is -2.39.